The summed E-state index contributed by atoms with van der Waals surface area (Å²) in [6.07, 6.45) is 9.59. The highest BCUT2D eigenvalue weighted by Gasteiger charge is 2.32. The lowest BCUT2D eigenvalue weighted by Crippen LogP contribution is -2.45. The average molecular weight is 349 g/mol. The highest BCUT2D eigenvalue weighted by molar-refractivity contribution is 5.79. The molecule has 4 unspecified atom stereocenters. The number of hydrogen-bond donors (Lipinski definition) is 0. The molecule has 142 valence electrons. The monoisotopic (exact) mass is 348 g/mol. The molecule has 1 aliphatic carbocycles. The number of hydrogen-bond acceptors (Lipinski definition) is 2. The lowest BCUT2D eigenvalue weighted by Gasteiger charge is -2.41. The Kier molecular flexibility index (Phi) is 6.40. The molecule has 2 amide bonds. The number of amides is 2. The smallest absolute Gasteiger partial charge is 0.222 e. The number of carbonyl (C=O) groups is 2. The van der Waals surface area contributed by atoms with Crippen molar-refractivity contribution in [1.82, 2.24) is 9.80 Å². The van der Waals surface area contributed by atoms with Crippen LogP contribution in [0.1, 0.15) is 71.6 Å². The molecule has 4 heteroatoms. The summed E-state index contributed by atoms with van der Waals surface area (Å²) in [6, 6.07) is 0. The molecule has 3 fully saturated rings. The molecule has 2 saturated heterocycles. The molecule has 25 heavy (non-hydrogen) atoms. The first-order chi connectivity index (χ1) is 12.0. The van der Waals surface area contributed by atoms with Crippen molar-refractivity contribution in [3.05, 3.63) is 0 Å². The van der Waals surface area contributed by atoms with E-state index in [1.165, 1.54) is 38.5 Å². The van der Waals surface area contributed by atoms with Crippen LogP contribution in [0.4, 0.5) is 0 Å². The molecule has 3 rings (SSSR count). The van der Waals surface area contributed by atoms with E-state index in [-0.39, 0.29) is 11.8 Å². The predicted octanol–water partition coefficient (Wildman–Crippen LogP) is 3.70. The molecule has 0 N–H and O–H groups in total. The van der Waals surface area contributed by atoms with Crippen LogP contribution >= 0.6 is 0 Å². The van der Waals surface area contributed by atoms with Gasteiger partial charge in [0.05, 0.1) is 0 Å². The minimum absolute atomic E-state index is 0.247. The second kappa shape index (κ2) is 8.55. The maximum atomic E-state index is 12.5. The largest absolute Gasteiger partial charge is 0.342 e. The van der Waals surface area contributed by atoms with E-state index in [4.69, 9.17) is 0 Å². The van der Waals surface area contributed by atoms with Crippen LogP contribution in [0.25, 0.3) is 0 Å². The van der Waals surface area contributed by atoms with Crippen LogP contribution in [0.5, 0.6) is 0 Å². The van der Waals surface area contributed by atoms with E-state index in [1.54, 1.807) is 0 Å². The van der Waals surface area contributed by atoms with Crippen molar-refractivity contribution in [2.45, 2.75) is 71.6 Å². The molecule has 4 nitrogen and oxygen atoms in total. The summed E-state index contributed by atoms with van der Waals surface area (Å²) < 4.78 is 0. The summed E-state index contributed by atoms with van der Waals surface area (Å²) in [5.74, 6) is 3.33. The van der Waals surface area contributed by atoms with Crippen LogP contribution in [-0.4, -0.2) is 47.8 Å². The molecule has 2 heterocycles. The third kappa shape index (κ3) is 4.98. The van der Waals surface area contributed by atoms with E-state index in [9.17, 15) is 9.59 Å². The molecule has 2 aliphatic heterocycles. The molecule has 3 aliphatic rings. The lowest BCUT2D eigenvalue weighted by molar-refractivity contribution is -0.135. The van der Waals surface area contributed by atoms with Crippen molar-refractivity contribution in [1.29, 1.82) is 0 Å². The molecular formula is C21H36N2O2. The maximum Gasteiger partial charge on any atom is 0.222 e. The van der Waals surface area contributed by atoms with Crippen LogP contribution in [-0.2, 0) is 9.59 Å². The molecule has 4 atom stereocenters. The molecule has 0 aromatic carbocycles. The van der Waals surface area contributed by atoms with Gasteiger partial charge in [-0.2, -0.15) is 0 Å². The van der Waals surface area contributed by atoms with Gasteiger partial charge in [0, 0.05) is 39.0 Å². The number of nitrogens with zero attached hydrogens (tertiary/aromatic N) is 2. The van der Waals surface area contributed by atoms with Crippen LogP contribution in [0.3, 0.4) is 0 Å². The van der Waals surface area contributed by atoms with Crippen molar-refractivity contribution in [3.63, 3.8) is 0 Å². The minimum Gasteiger partial charge on any atom is -0.342 e. The predicted molar refractivity (Wildman–Crippen MR) is 100 cm³/mol. The second-order valence-electron chi connectivity index (χ2n) is 9.03. The second-order valence-corrected chi connectivity index (χ2v) is 9.03. The van der Waals surface area contributed by atoms with E-state index < -0.39 is 0 Å². The highest BCUT2D eigenvalue weighted by atomic mass is 16.2. The van der Waals surface area contributed by atoms with Gasteiger partial charge in [0.1, 0.15) is 0 Å². The van der Waals surface area contributed by atoms with Gasteiger partial charge in [-0.1, -0.05) is 33.1 Å². The third-order valence-electron chi connectivity index (χ3n) is 6.65. The van der Waals surface area contributed by atoms with Gasteiger partial charge < -0.3 is 9.80 Å². The first-order valence-electron chi connectivity index (χ1n) is 10.6. The fraction of sp³-hybridized carbons (Fsp3) is 0.905. The normalized spacial score (nSPS) is 33.0. The number of rotatable bonds is 4. The highest BCUT2D eigenvalue weighted by Crippen LogP contribution is 2.36. The van der Waals surface area contributed by atoms with Crippen molar-refractivity contribution in [2.75, 3.05) is 26.2 Å². The van der Waals surface area contributed by atoms with E-state index in [0.29, 0.717) is 31.1 Å². The number of piperidine rings is 2. The van der Waals surface area contributed by atoms with Crippen molar-refractivity contribution in [2.24, 2.45) is 23.7 Å². The topological polar surface area (TPSA) is 40.6 Å². The van der Waals surface area contributed by atoms with E-state index >= 15 is 0 Å². The Bertz CT molecular complexity index is 469. The van der Waals surface area contributed by atoms with Gasteiger partial charge in [0.15, 0.2) is 0 Å². The molecule has 0 spiro atoms. The zero-order valence-electron chi connectivity index (χ0n) is 16.2. The third-order valence-corrected chi connectivity index (χ3v) is 6.65. The van der Waals surface area contributed by atoms with Crippen LogP contribution < -0.4 is 0 Å². The Morgan fingerprint density at radius 2 is 1.40 bits per heavy atom. The van der Waals surface area contributed by atoms with E-state index in [2.05, 4.69) is 18.7 Å². The Morgan fingerprint density at radius 1 is 0.800 bits per heavy atom. The molecule has 0 radical (unpaired) electrons. The van der Waals surface area contributed by atoms with Crippen LogP contribution in [0, 0.1) is 23.7 Å². The number of fused-ring (bicyclic) bond motifs is 1. The van der Waals surface area contributed by atoms with Gasteiger partial charge in [-0.25, -0.2) is 0 Å². The van der Waals surface area contributed by atoms with Crippen molar-refractivity contribution < 1.29 is 9.59 Å². The molecule has 1 saturated carbocycles. The Labute approximate surface area is 153 Å². The summed E-state index contributed by atoms with van der Waals surface area (Å²) in [7, 11) is 0. The standard InChI is InChI=1S/C21H36N2O2/c1-16-12-17(2)14-23(13-16)21(25)9-5-8-20(24)22-11-10-18-6-3-4-7-19(18)15-22/h16-19H,3-15H2,1-2H3. The molecule has 0 aromatic heterocycles. The minimum atomic E-state index is 0.247. The van der Waals surface area contributed by atoms with Gasteiger partial charge in [-0.05, 0) is 49.4 Å². The van der Waals surface area contributed by atoms with Gasteiger partial charge in [-0.15, -0.1) is 0 Å². The number of likely N-dealkylation sites (tertiary alicyclic amines) is 2. The summed E-state index contributed by atoms with van der Waals surface area (Å²) >= 11 is 0. The lowest BCUT2D eigenvalue weighted by atomic mass is 9.75. The zero-order chi connectivity index (χ0) is 17.8. The van der Waals surface area contributed by atoms with Crippen LogP contribution in [0.2, 0.25) is 0 Å². The fourth-order valence-electron chi connectivity index (χ4n) is 5.40. The van der Waals surface area contributed by atoms with Gasteiger partial charge in [0.25, 0.3) is 0 Å². The summed E-state index contributed by atoms with van der Waals surface area (Å²) in [5.41, 5.74) is 0. The Hall–Kier alpha value is -1.06. The van der Waals surface area contributed by atoms with Crippen molar-refractivity contribution in [3.8, 4) is 0 Å². The molecule has 0 bridgehead atoms. The average Bonchev–Trinajstić information content (AvgIpc) is 2.60. The van der Waals surface area contributed by atoms with Gasteiger partial charge in [0.2, 0.25) is 11.8 Å². The van der Waals surface area contributed by atoms with Crippen molar-refractivity contribution >= 4 is 11.8 Å². The zero-order valence-corrected chi connectivity index (χ0v) is 16.2. The van der Waals surface area contributed by atoms with Gasteiger partial charge in [-0.3, -0.25) is 9.59 Å². The molecule has 0 aromatic rings. The summed E-state index contributed by atoms with van der Waals surface area (Å²) in [6.45, 7) is 8.16. The molecular weight excluding hydrogens is 312 g/mol. The number of carbonyl (C=O) groups excluding carboxylic acids is 2. The van der Waals surface area contributed by atoms with Crippen LogP contribution in [0.15, 0.2) is 0 Å². The Morgan fingerprint density at radius 3 is 2.08 bits per heavy atom. The van der Waals surface area contributed by atoms with E-state index in [1.807, 2.05) is 4.90 Å². The Balaban J connectivity index is 1.38. The SMILES string of the molecule is CC1CC(C)CN(C(=O)CCCC(=O)N2CCC3CCCCC3C2)C1. The maximum absolute atomic E-state index is 12.5. The first-order valence-corrected chi connectivity index (χ1v) is 10.6. The quantitative estimate of drug-likeness (QED) is 0.777. The van der Waals surface area contributed by atoms with E-state index in [0.717, 1.165) is 38.0 Å². The summed E-state index contributed by atoms with van der Waals surface area (Å²) in [4.78, 5) is 29.1. The fourth-order valence-corrected chi connectivity index (χ4v) is 5.40. The first kappa shape index (κ1) is 18.7. The summed E-state index contributed by atoms with van der Waals surface area (Å²) in [5, 5.41) is 0. The van der Waals surface area contributed by atoms with Gasteiger partial charge >= 0.3 is 0 Å².